The zero-order valence-corrected chi connectivity index (χ0v) is 15.1. The zero-order valence-electron chi connectivity index (χ0n) is 15.1. The summed E-state index contributed by atoms with van der Waals surface area (Å²) in [6.07, 6.45) is 6.20. The van der Waals surface area contributed by atoms with Crippen LogP contribution >= 0.6 is 0 Å². The van der Waals surface area contributed by atoms with Crippen LogP contribution in [-0.4, -0.2) is 46.7 Å². The minimum absolute atomic E-state index is 0.000215. The first-order valence-electron chi connectivity index (χ1n) is 8.34. The van der Waals surface area contributed by atoms with Crippen molar-refractivity contribution in [1.82, 2.24) is 15.3 Å². The minimum atomic E-state index is -1.17. The molecular formula is C17H25N3O5. The summed E-state index contributed by atoms with van der Waals surface area (Å²) >= 11 is 0. The molecule has 1 fully saturated rings. The molecule has 1 aromatic rings. The summed E-state index contributed by atoms with van der Waals surface area (Å²) in [5.41, 5.74) is -1.17. The Morgan fingerprint density at radius 2 is 1.72 bits per heavy atom. The van der Waals surface area contributed by atoms with Crippen molar-refractivity contribution in [3.05, 3.63) is 12.4 Å². The van der Waals surface area contributed by atoms with Gasteiger partial charge in [0.05, 0.1) is 7.11 Å². The van der Waals surface area contributed by atoms with E-state index in [9.17, 15) is 9.59 Å². The average Bonchev–Trinajstić information content (AvgIpc) is 2.56. The quantitative estimate of drug-likeness (QED) is 0.778. The monoisotopic (exact) mass is 351 g/mol. The van der Waals surface area contributed by atoms with Crippen LogP contribution in [0.5, 0.6) is 11.8 Å². The van der Waals surface area contributed by atoms with Crippen LogP contribution in [0.3, 0.4) is 0 Å². The lowest BCUT2D eigenvalue weighted by Gasteiger charge is -2.32. The molecule has 0 aliphatic heterocycles. The van der Waals surface area contributed by atoms with Crippen molar-refractivity contribution in [2.24, 2.45) is 0 Å². The SMILES string of the molecule is COc1nccnc1OC1CCC(NC(=O)C(C)(C)OC(C)=O)CC1. The van der Waals surface area contributed by atoms with Crippen molar-refractivity contribution < 1.29 is 23.8 Å². The van der Waals surface area contributed by atoms with E-state index in [4.69, 9.17) is 14.2 Å². The fraction of sp³-hybridized carbons (Fsp3) is 0.647. The lowest BCUT2D eigenvalue weighted by Crippen LogP contribution is -2.50. The molecule has 0 bridgehead atoms. The number of ether oxygens (including phenoxy) is 3. The van der Waals surface area contributed by atoms with Gasteiger partial charge in [0.1, 0.15) is 6.10 Å². The first-order chi connectivity index (χ1) is 11.8. The molecular weight excluding hydrogens is 326 g/mol. The Bertz CT molecular complexity index is 612. The Kier molecular flexibility index (Phi) is 6.17. The van der Waals surface area contributed by atoms with Crippen molar-refractivity contribution in [3.8, 4) is 11.8 Å². The summed E-state index contributed by atoms with van der Waals surface area (Å²) in [7, 11) is 1.52. The first kappa shape index (κ1) is 19.0. The van der Waals surface area contributed by atoms with Gasteiger partial charge in [-0.3, -0.25) is 9.59 Å². The van der Waals surface area contributed by atoms with Gasteiger partial charge in [0.25, 0.3) is 17.7 Å². The second kappa shape index (κ2) is 8.13. The van der Waals surface area contributed by atoms with Crippen molar-refractivity contribution in [2.45, 2.75) is 64.2 Å². The van der Waals surface area contributed by atoms with Crippen LogP contribution in [0.25, 0.3) is 0 Å². The molecule has 138 valence electrons. The van der Waals surface area contributed by atoms with E-state index >= 15 is 0 Å². The zero-order chi connectivity index (χ0) is 18.4. The lowest BCUT2D eigenvalue weighted by atomic mass is 9.92. The normalized spacial score (nSPS) is 20.5. The minimum Gasteiger partial charge on any atom is -0.477 e. The fourth-order valence-corrected chi connectivity index (χ4v) is 2.78. The van der Waals surface area contributed by atoms with Gasteiger partial charge in [-0.2, -0.15) is 0 Å². The number of nitrogens with one attached hydrogen (secondary N) is 1. The number of hydrogen-bond donors (Lipinski definition) is 1. The summed E-state index contributed by atoms with van der Waals surface area (Å²) in [6.45, 7) is 4.45. The highest BCUT2D eigenvalue weighted by Gasteiger charge is 2.34. The van der Waals surface area contributed by atoms with Gasteiger partial charge >= 0.3 is 5.97 Å². The summed E-state index contributed by atoms with van der Waals surface area (Å²) in [4.78, 5) is 31.6. The Morgan fingerprint density at radius 1 is 1.12 bits per heavy atom. The molecule has 1 saturated carbocycles. The molecule has 1 N–H and O–H groups in total. The number of hydrogen-bond acceptors (Lipinski definition) is 7. The number of aromatic nitrogens is 2. The molecule has 0 spiro atoms. The van der Waals surface area contributed by atoms with Gasteiger partial charge < -0.3 is 19.5 Å². The van der Waals surface area contributed by atoms with Crippen molar-refractivity contribution in [2.75, 3.05) is 7.11 Å². The predicted octanol–water partition coefficient (Wildman–Crippen LogP) is 1.63. The van der Waals surface area contributed by atoms with E-state index in [0.29, 0.717) is 11.8 Å². The highest BCUT2D eigenvalue weighted by Crippen LogP contribution is 2.27. The lowest BCUT2D eigenvalue weighted by molar-refractivity contribution is -0.163. The van der Waals surface area contributed by atoms with E-state index in [2.05, 4.69) is 15.3 Å². The average molecular weight is 351 g/mol. The number of esters is 1. The number of rotatable bonds is 6. The third kappa shape index (κ3) is 5.30. The Labute approximate surface area is 147 Å². The van der Waals surface area contributed by atoms with E-state index in [1.54, 1.807) is 26.2 Å². The van der Waals surface area contributed by atoms with Crippen LogP contribution in [0.15, 0.2) is 12.4 Å². The first-order valence-corrected chi connectivity index (χ1v) is 8.34. The van der Waals surface area contributed by atoms with E-state index < -0.39 is 11.6 Å². The Balaban J connectivity index is 1.83. The number of carbonyl (C=O) groups excluding carboxylic acids is 2. The van der Waals surface area contributed by atoms with Crippen LogP contribution < -0.4 is 14.8 Å². The van der Waals surface area contributed by atoms with Crippen molar-refractivity contribution >= 4 is 11.9 Å². The largest absolute Gasteiger partial charge is 0.477 e. The van der Waals surface area contributed by atoms with Gasteiger partial charge in [-0.15, -0.1) is 0 Å². The van der Waals surface area contributed by atoms with Crippen LogP contribution in [-0.2, 0) is 14.3 Å². The Morgan fingerprint density at radius 3 is 2.28 bits per heavy atom. The van der Waals surface area contributed by atoms with E-state index in [0.717, 1.165) is 25.7 Å². The van der Waals surface area contributed by atoms with Gasteiger partial charge in [-0.25, -0.2) is 9.97 Å². The molecule has 0 saturated heterocycles. The fourth-order valence-electron chi connectivity index (χ4n) is 2.78. The predicted molar refractivity (Wildman–Crippen MR) is 89.2 cm³/mol. The third-order valence-electron chi connectivity index (χ3n) is 4.06. The molecule has 1 heterocycles. The van der Waals surface area contributed by atoms with Gasteiger partial charge in [0, 0.05) is 25.4 Å². The van der Waals surface area contributed by atoms with E-state index in [1.807, 2.05) is 0 Å². The standard InChI is InChI=1S/C17H25N3O5/c1-11(21)25-17(2,3)16(22)20-12-5-7-13(8-6-12)24-15-14(23-4)18-9-10-19-15/h9-10,12-13H,5-8H2,1-4H3,(H,20,22). The summed E-state index contributed by atoms with van der Waals surface area (Å²) in [5, 5.41) is 2.95. The molecule has 2 rings (SSSR count). The molecule has 0 radical (unpaired) electrons. The number of nitrogens with zero attached hydrogens (tertiary/aromatic N) is 2. The Hall–Kier alpha value is -2.38. The summed E-state index contributed by atoms with van der Waals surface area (Å²) < 4.78 is 16.1. The van der Waals surface area contributed by atoms with Gasteiger partial charge in [-0.05, 0) is 39.5 Å². The van der Waals surface area contributed by atoms with Crippen LogP contribution in [0, 0.1) is 0 Å². The molecule has 0 unspecified atom stereocenters. The summed E-state index contributed by atoms with van der Waals surface area (Å²) in [5.74, 6) is -0.0209. The van der Waals surface area contributed by atoms with E-state index in [-0.39, 0.29) is 18.1 Å². The van der Waals surface area contributed by atoms with E-state index in [1.165, 1.54) is 14.0 Å². The van der Waals surface area contributed by atoms with Gasteiger partial charge in [-0.1, -0.05) is 0 Å². The van der Waals surface area contributed by atoms with Gasteiger partial charge in [0.2, 0.25) is 0 Å². The van der Waals surface area contributed by atoms with Crippen molar-refractivity contribution in [3.63, 3.8) is 0 Å². The summed E-state index contributed by atoms with van der Waals surface area (Å²) in [6, 6.07) is 0.0333. The second-order valence-electron chi connectivity index (χ2n) is 6.54. The maximum absolute atomic E-state index is 12.3. The second-order valence-corrected chi connectivity index (χ2v) is 6.54. The molecule has 25 heavy (non-hydrogen) atoms. The maximum atomic E-state index is 12.3. The van der Waals surface area contributed by atoms with Crippen molar-refractivity contribution in [1.29, 1.82) is 0 Å². The maximum Gasteiger partial charge on any atom is 0.303 e. The molecule has 8 nitrogen and oxygen atoms in total. The molecule has 1 aliphatic rings. The number of methoxy groups -OCH3 is 1. The number of carbonyl (C=O) groups is 2. The molecule has 1 aliphatic carbocycles. The van der Waals surface area contributed by atoms with Crippen LogP contribution in [0.2, 0.25) is 0 Å². The third-order valence-corrected chi connectivity index (χ3v) is 4.06. The van der Waals surface area contributed by atoms with Crippen LogP contribution in [0.4, 0.5) is 0 Å². The van der Waals surface area contributed by atoms with Crippen LogP contribution in [0.1, 0.15) is 46.5 Å². The molecule has 1 aromatic heterocycles. The highest BCUT2D eigenvalue weighted by atomic mass is 16.6. The molecule has 8 heteroatoms. The van der Waals surface area contributed by atoms with Gasteiger partial charge in [0.15, 0.2) is 5.60 Å². The smallest absolute Gasteiger partial charge is 0.303 e. The molecule has 1 amide bonds. The topological polar surface area (TPSA) is 99.6 Å². The molecule has 0 aromatic carbocycles. The number of amides is 1. The molecule has 0 atom stereocenters. The highest BCUT2D eigenvalue weighted by molar-refractivity contribution is 5.86.